The van der Waals surface area contributed by atoms with Crippen LogP contribution in [0.15, 0.2) is 77.8 Å². The fourth-order valence-corrected chi connectivity index (χ4v) is 12.0. The predicted octanol–water partition coefficient (Wildman–Crippen LogP) is 11.8. The van der Waals surface area contributed by atoms with Crippen molar-refractivity contribution in [2.24, 2.45) is 22.7 Å². The molecule has 6 atom stereocenters. The number of aliphatic imine (C=N–C) groups is 1. The number of nitrogens with one attached hydrogen (secondary N) is 2. The standard InChI is InChI=1S/C50H56N4/c1-2-10-36-26-41(25-35(36)9-1)50-53-45-22-21-38(28-47(45)54-50)43-24-32-8-5-12-33-17-15-31(7-6-13-34(43)18-16-32)23-42(33)37-19-20-40-30-49(52-46(40)27-37)48-29-39-11-3-4-14-44(39)51-48/h15-24,27-28,35-36,39,41,44,48,51H,1-14,25-26,29-30H2,(H,53,54)/t35-,36+,39-,41?,44-,48?/m0/s1. The molecule has 4 fully saturated rings. The predicted molar refractivity (Wildman–Crippen MR) is 223 cm³/mol. The Balaban J connectivity index is 0.831. The lowest BCUT2D eigenvalue weighted by Gasteiger charge is -2.24. The molecule has 0 radical (unpaired) electrons. The quantitative estimate of drug-likeness (QED) is 0.195. The molecule has 3 saturated carbocycles. The second kappa shape index (κ2) is 13.9. The zero-order valence-electron chi connectivity index (χ0n) is 32.0. The molecule has 4 heteroatoms. The number of nitrogens with zero attached hydrogens (tertiary/aromatic N) is 2. The SMILES string of the molecule is c1cc2c(-c3ccc4c(c3)N=C(C3C[C@@H]5CCCC[C@@H]5N3)C4)cc1CCCc1ccc(cc1-c1ccc3nc(C4C[C@H]5CCCC[C@H]5C4)[nH]c3c1)CCC2. The molecule has 14 rings (SSSR count). The highest BCUT2D eigenvalue weighted by Crippen LogP contribution is 2.49. The minimum Gasteiger partial charge on any atom is -0.342 e. The van der Waals surface area contributed by atoms with E-state index >= 15 is 0 Å². The van der Waals surface area contributed by atoms with Crippen LogP contribution in [0.5, 0.6) is 0 Å². The van der Waals surface area contributed by atoms with Crippen LogP contribution in [0.25, 0.3) is 33.3 Å². The topological polar surface area (TPSA) is 53.1 Å². The van der Waals surface area contributed by atoms with E-state index in [-0.39, 0.29) is 0 Å². The van der Waals surface area contributed by atoms with E-state index in [1.807, 2.05) is 0 Å². The third-order valence-corrected chi connectivity index (χ3v) is 14.9. The Morgan fingerprint density at radius 3 is 1.93 bits per heavy atom. The van der Waals surface area contributed by atoms with Gasteiger partial charge in [0.15, 0.2) is 0 Å². The first-order valence-corrected chi connectivity index (χ1v) is 21.9. The summed E-state index contributed by atoms with van der Waals surface area (Å²) in [6.07, 6.45) is 22.8. The second-order valence-corrected chi connectivity index (χ2v) is 18.2. The van der Waals surface area contributed by atoms with Crippen LogP contribution < -0.4 is 5.32 Å². The van der Waals surface area contributed by atoms with E-state index in [2.05, 4.69) is 83.1 Å². The summed E-state index contributed by atoms with van der Waals surface area (Å²) >= 11 is 0. The number of rotatable bonds is 4. The minimum atomic E-state index is 0.466. The summed E-state index contributed by atoms with van der Waals surface area (Å²) in [4.78, 5) is 14.3. The maximum atomic E-state index is 5.31. The lowest BCUT2D eigenvalue weighted by molar-refractivity contribution is 0.277. The van der Waals surface area contributed by atoms with Crippen LogP contribution in [-0.2, 0) is 32.1 Å². The van der Waals surface area contributed by atoms with Gasteiger partial charge in [-0.05, 0) is 157 Å². The number of H-pyrrole nitrogens is 1. The zero-order valence-corrected chi connectivity index (χ0v) is 32.0. The molecule has 1 saturated heterocycles. The fraction of sp³-hybridized carbons (Fsp3) is 0.480. The monoisotopic (exact) mass is 712 g/mol. The Morgan fingerprint density at radius 1 is 0.556 bits per heavy atom. The molecular weight excluding hydrogens is 657 g/mol. The van der Waals surface area contributed by atoms with Crippen molar-refractivity contribution in [3.8, 4) is 22.3 Å². The van der Waals surface area contributed by atoms with Crippen molar-refractivity contribution in [1.82, 2.24) is 15.3 Å². The molecule has 7 aliphatic carbocycles. The molecule has 9 aliphatic rings. The van der Waals surface area contributed by atoms with Crippen LogP contribution in [0.2, 0.25) is 0 Å². The van der Waals surface area contributed by atoms with Gasteiger partial charge in [-0.15, -0.1) is 0 Å². The summed E-state index contributed by atoms with van der Waals surface area (Å²) in [5.41, 5.74) is 17.6. The molecule has 4 bridgehead atoms. The second-order valence-electron chi connectivity index (χ2n) is 18.2. The number of aromatic amines is 1. The van der Waals surface area contributed by atoms with Crippen LogP contribution in [0.4, 0.5) is 5.69 Å². The smallest absolute Gasteiger partial charge is 0.110 e. The van der Waals surface area contributed by atoms with Gasteiger partial charge in [-0.25, -0.2) is 4.98 Å². The Hall–Kier alpha value is -4.02. The molecule has 5 aromatic rings. The number of imidazole rings is 1. The van der Waals surface area contributed by atoms with E-state index in [4.69, 9.17) is 9.98 Å². The number of hydrogen-bond donors (Lipinski definition) is 2. The summed E-state index contributed by atoms with van der Waals surface area (Å²) in [7, 11) is 0. The first-order chi connectivity index (χ1) is 26.7. The third-order valence-electron chi connectivity index (χ3n) is 14.9. The largest absolute Gasteiger partial charge is 0.342 e. The maximum Gasteiger partial charge on any atom is 0.110 e. The molecule has 0 spiro atoms. The van der Waals surface area contributed by atoms with Crippen molar-refractivity contribution in [3.63, 3.8) is 0 Å². The van der Waals surface area contributed by atoms with Crippen molar-refractivity contribution < 1.29 is 0 Å². The number of aryl methyl sites for hydroxylation is 4. The maximum absolute atomic E-state index is 5.31. The molecule has 276 valence electrons. The highest BCUT2D eigenvalue weighted by Gasteiger charge is 2.39. The van der Waals surface area contributed by atoms with Crippen molar-refractivity contribution >= 4 is 22.4 Å². The molecule has 2 unspecified atom stereocenters. The van der Waals surface area contributed by atoms with Crippen LogP contribution in [-0.4, -0.2) is 27.8 Å². The molecule has 54 heavy (non-hydrogen) atoms. The van der Waals surface area contributed by atoms with E-state index in [0.29, 0.717) is 18.0 Å². The summed E-state index contributed by atoms with van der Waals surface area (Å²) < 4.78 is 0. The van der Waals surface area contributed by atoms with E-state index in [0.717, 1.165) is 68.2 Å². The van der Waals surface area contributed by atoms with Gasteiger partial charge >= 0.3 is 0 Å². The summed E-state index contributed by atoms with van der Waals surface area (Å²) in [5.74, 6) is 4.54. The number of benzene rings is 4. The molecule has 4 aromatic carbocycles. The van der Waals surface area contributed by atoms with Gasteiger partial charge in [-0.3, -0.25) is 4.99 Å². The Kier molecular flexibility index (Phi) is 8.60. The Morgan fingerprint density at radius 2 is 1.20 bits per heavy atom. The van der Waals surface area contributed by atoms with Gasteiger partial charge in [0.25, 0.3) is 0 Å². The average Bonchev–Trinajstić information content (AvgIpc) is 4.02. The molecule has 0 amide bonds. The van der Waals surface area contributed by atoms with Crippen molar-refractivity contribution in [2.75, 3.05) is 0 Å². The van der Waals surface area contributed by atoms with Gasteiger partial charge < -0.3 is 10.3 Å². The Labute approximate surface area is 321 Å². The van der Waals surface area contributed by atoms with Gasteiger partial charge in [-0.1, -0.05) is 93.1 Å². The van der Waals surface area contributed by atoms with E-state index in [9.17, 15) is 0 Å². The van der Waals surface area contributed by atoms with E-state index in [1.165, 1.54) is 143 Å². The molecular formula is C50H56N4. The summed E-state index contributed by atoms with van der Waals surface area (Å²) in [6, 6.07) is 30.0. The number of aromatic nitrogens is 2. The van der Waals surface area contributed by atoms with Crippen molar-refractivity contribution in [3.05, 3.63) is 106 Å². The van der Waals surface area contributed by atoms with E-state index < -0.39 is 0 Å². The zero-order chi connectivity index (χ0) is 35.6. The van der Waals surface area contributed by atoms with Crippen LogP contribution in [0, 0.1) is 17.8 Å². The van der Waals surface area contributed by atoms with Gasteiger partial charge in [0.2, 0.25) is 0 Å². The van der Waals surface area contributed by atoms with Gasteiger partial charge in [0.05, 0.1) is 16.7 Å². The van der Waals surface area contributed by atoms with E-state index in [1.54, 1.807) is 0 Å². The van der Waals surface area contributed by atoms with Gasteiger partial charge in [0.1, 0.15) is 5.82 Å². The molecule has 2 N–H and O–H groups in total. The molecule has 1 aromatic heterocycles. The van der Waals surface area contributed by atoms with Crippen molar-refractivity contribution in [1.29, 1.82) is 0 Å². The summed E-state index contributed by atoms with van der Waals surface area (Å²) in [6.45, 7) is 0. The Bertz CT molecular complexity index is 2210. The fourth-order valence-electron chi connectivity index (χ4n) is 12.0. The van der Waals surface area contributed by atoms with Crippen LogP contribution in [0.3, 0.4) is 0 Å². The number of fused-ring (bicyclic) bond motifs is 4. The third kappa shape index (κ3) is 6.27. The first-order valence-electron chi connectivity index (χ1n) is 21.9. The highest BCUT2D eigenvalue weighted by atomic mass is 15.0. The van der Waals surface area contributed by atoms with Gasteiger partial charge in [-0.2, -0.15) is 0 Å². The normalized spacial score (nSPS) is 27.8. The first kappa shape index (κ1) is 33.3. The average molecular weight is 713 g/mol. The molecule has 3 heterocycles. The summed E-state index contributed by atoms with van der Waals surface area (Å²) in [5, 5.41) is 3.99. The van der Waals surface area contributed by atoms with Gasteiger partial charge in [0, 0.05) is 30.1 Å². The molecule has 2 aliphatic heterocycles. The van der Waals surface area contributed by atoms with Crippen LogP contribution >= 0.6 is 0 Å². The lowest BCUT2D eigenvalue weighted by Crippen LogP contribution is -2.37. The lowest BCUT2D eigenvalue weighted by atomic mass is 9.82. The minimum absolute atomic E-state index is 0.466. The highest BCUT2D eigenvalue weighted by molar-refractivity contribution is 5.98. The molecule has 4 nitrogen and oxygen atoms in total. The number of hydrogen-bond acceptors (Lipinski definition) is 3. The van der Waals surface area contributed by atoms with Crippen LogP contribution in [0.1, 0.15) is 123 Å². The van der Waals surface area contributed by atoms with Crippen molar-refractivity contribution in [2.45, 2.75) is 134 Å².